The summed E-state index contributed by atoms with van der Waals surface area (Å²) in [4.78, 5) is 14.1. The van der Waals surface area contributed by atoms with Gasteiger partial charge >= 0.3 is 0 Å². The molecule has 0 saturated heterocycles. The molecule has 0 spiro atoms. The van der Waals surface area contributed by atoms with Gasteiger partial charge in [0.15, 0.2) is 0 Å². The van der Waals surface area contributed by atoms with Crippen molar-refractivity contribution in [2.75, 3.05) is 0 Å². The van der Waals surface area contributed by atoms with Crippen LogP contribution >= 0.6 is 15.9 Å². The number of hydrogen-bond acceptors (Lipinski definition) is 1. The van der Waals surface area contributed by atoms with E-state index in [9.17, 15) is 4.79 Å². The number of amides is 1. The lowest BCUT2D eigenvalue weighted by atomic mass is 9.98. The number of hydrogen-bond donors (Lipinski definition) is 0. The maximum Gasteiger partial charge on any atom is 0.253 e. The number of nitrogens with zero attached hydrogens (tertiary/aromatic N) is 1. The molecule has 1 aliphatic carbocycles. The van der Waals surface area contributed by atoms with Crippen LogP contribution in [0.3, 0.4) is 0 Å². The highest BCUT2D eigenvalue weighted by Crippen LogP contribution is 2.22. The van der Waals surface area contributed by atoms with Crippen LogP contribution in [-0.2, 0) is 11.3 Å². The summed E-state index contributed by atoms with van der Waals surface area (Å²) in [6.07, 6.45) is 7.90. The fourth-order valence-corrected chi connectivity index (χ4v) is 2.66. The molecule has 19 heavy (non-hydrogen) atoms. The first-order valence-electron chi connectivity index (χ1n) is 6.58. The highest BCUT2D eigenvalue weighted by atomic mass is 79.9. The van der Waals surface area contributed by atoms with Gasteiger partial charge in [0.1, 0.15) is 0 Å². The van der Waals surface area contributed by atoms with Crippen LogP contribution in [0, 0.1) is 0 Å². The Morgan fingerprint density at radius 1 is 1.37 bits per heavy atom. The number of halogens is 1. The van der Waals surface area contributed by atoms with Crippen molar-refractivity contribution in [1.82, 2.24) is 4.90 Å². The topological polar surface area (TPSA) is 20.3 Å². The zero-order chi connectivity index (χ0) is 13.7. The van der Waals surface area contributed by atoms with Crippen LogP contribution in [0.1, 0.15) is 31.2 Å². The summed E-state index contributed by atoms with van der Waals surface area (Å²) in [7, 11) is 0. The number of carbonyl (C=O) groups excluding carboxylic acids is 1. The van der Waals surface area contributed by atoms with Gasteiger partial charge in [-0.15, -0.1) is 0 Å². The van der Waals surface area contributed by atoms with Gasteiger partial charge in [-0.2, -0.15) is 0 Å². The lowest BCUT2D eigenvalue weighted by Crippen LogP contribution is -2.27. The Bertz CT molecular complexity index is 507. The molecule has 0 N–H and O–H groups in total. The molecular formula is C16H18BrNO. The van der Waals surface area contributed by atoms with E-state index >= 15 is 0 Å². The normalized spacial score (nSPS) is 14.7. The second-order valence-electron chi connectivity index (χ2n) is 4.68. The van der Waals surface area contributed by atoms with E-state index in [0.717, 1.165) is 34.9 Å². The summed E-state index contributed by atoms with van der Waals surface area (Å²) in [5.41, 5.74) is 2.02. The lowest BCUT2D eigenvalue weighted by molar-refractivity contribution is -0.125. The van der Waals surface area contributed by atoms with Crippen LogP contribution in [0.5, 0.6) is 0 Å². The van der Waals surface area contributed by atoms with Gasteiger partial charge in [0, 0.05) is 16.2 Å². The molecule has 0 fully saturated rings. The molecule has 0 saturated carbocycles. The van der Waals surface area contributed by atoms with Crippen molar-refractivity contribution in [3.63, 3.8) is 0 Å². The third-order valence-electron chi connectivity index (χ3n) is 3.35. The van der Waals surface area contributed by atoms with Crippen molar-refractivity contribution >= 4 is 21.8 Å². The predicted molar refractivity (Wildman–Crippen MR) is 81.4 cm³/mol. The van der Waals surface area contributed by atoms with Crippen LogP contribution in [-0.4, -0.2) is 10.8 Å². The molecule has 0 atom stereocenters. The maximum atomic E-state index is 12.4. The quantitative estimate of drug-likeness (QED) is 0.804. The molecule has 1 aromatic carbocycles. The highest BCUT2D eigenvalue weighted by Gasteiger charge is 2.18. The summed E-state index contributed by atoms with van der Waals surface area (Å²) >= 11 is 3.51. The van der Waals surface area contributed by atoms with Gasteiger partial charge < -0.3 is 4.90 Å². The standard InChI is InChI=1S/C16H18BrNO/c1-2-18(12-14-10-6-7-11-15(14)17)16(19)13-8-4-3-5-9-13/h2,6-8,10-11H,1,3-5,9,12H2. The first-order chi connectivity index (χ1) is 9.22. The Kier molecular flexibility index (Phi) is 4.97. The minimum Gasteiger partial charge on any atom is -0.311 e. The van der Waals surface area contributed by atoms with Crippen LogP contribution in [0.4, 0.5) is 0 Å². The van der Waals surface area contributed by atoms with Gasteiger partial charge in [-0.1, -0.05) is 46.8 Å². The van der Waals surface area contributed by atoms with Gasteiger partial charge in [-0.05, 0) is 37.3 Å². The van der Waals surface area contributed by atoms with Crippen molar-refractivity contribution in [3.05, 3.63) is 58.7 Å². The number of rotatable bonds is 4. The molecule has 100 valence electrons. The molecule has 0 aliphatic heterocycles. The van der Waals surface area contributed by atoms with E-state index in [2.05, 4.69) is 28.6 Å². The zero-order valence-electron chi connectivity index (χ0n) is 10.9. The van der Waals surface area contributed by atoms with E-state index in [4.69, 9.17) is 0 Å². The van der Waals surface area contributed by atoms with Crippen molar-refractivity contribution in [2.24, 2.45) is 0 Å². The van der Waals surface area contributed by atoms with E-state index in [0.29, 0.717) is 6.54 Å². The zero-order valence-corrected chi connectivity index (χ0v) is 12.5. The minimum absolute atomic E-state index is 0.0884. The lowest BCUT2D eigenvalue weighted by Gasteiger charge is -2.22. The minimum atomic E-state index is 0.0884. The first-order valence-corrected chi connectivity index (χ1v) is 7.37. The second-order valence-corrected chi connectivity index (χ2v) is 5.54. The summed E-state index contributed by atoms with van der Waals surface area (Å²) in [5, 5.41) is 0. The number of carbonyl (C=O) groups is 1. The largest absolute Gasteiger partial charge is 0.311 e. The Morgan fingerprint density at radius 3 is 2.79 bits per heavy atom. The SMILES string of the molecule is C=CN(Cc1ccccc1Br)C(=O)C1=CCCCC1. The molecule has 2 nitrogen and oxygen atoms in total. The van der Waals surface area contributed by atoms with Gasteiger partial charge in [-0.25, -0.2) is 0 Å². The second kappa shape index (κ2) is 6.71. The number of benzene rings is 1. The summed E-state index contributed by atoms with van der Waals surface area (Å²) in [5.74, 6) is 0.0884. The molecule has 0 bridgehead atoms. The smallest absolute Gasteiger partial charge is 0.253 e. The van der Waals surface area contributed by atoms with E-state index in [1.165, 1.54) is 6.42 Å². The molecule has 1 aromatic rings. The van der Waals surface area contributed by atoms with Gasteiger partial charge in [-0.3, -0.25) is 4.79 Å². The van der Waals surface area contributed by atoms with E-state index in [1.807, 2.05) is 24.3 Å². The van der Waals surface area contributed by atoms with Crippen molar-refractivity contribution in [3.8, 4) is 0 Å². The van der Waals surface area contributed by atoms with Crippen LogP contribution in [0.2, 0.25) is 0 Å². The average Bonchev–Trinajstić information content (AvgIpc) is 2.47. The van der Waals surface area contributed by atoms with Crippen LogP contribution in [0.25, 0.3) is 0 Å². The summed E-state index contributed by atoms with van der Waals surface area (Å²) in [6.45, 7) is 4.32. The monoisotopic (exact) mass is 319 g/mol. The van der Waals surface area contributed by atoms with Crippen molar-refractivity contribution in [1.29, 1.82) is 0 Å². The Balaban J connectivity index is 2.12. The van der Waals surface area contributed by atoms with Gasteiger partial charge in [0.2, 0.25) is 0 Å². The Morgan fingerprint density at radius 2 is 2.16 bits per heavy atom. The molecule has 1 aliphatic rings. The molecule has 0 aromatic heterocycles. The molecule has 1 amide bonds. The fourth-order valence-electron chi connectivity index (χ4n) is 2.25. The van der Waals surface area contributed by atoms with E-state index in [-0.39, 0.29) is 5.91 Å². The van der Waals surface area contributed by atoms with Crippen molar-refractivity contribution in [2.45, 2.75) is 32.2 Å². The van der Waals surface area contributed by atoms with Gasteiger partial charge in [0.05, 0.1) is 6.54 Å². The van der Waals surface area contributed by atoms with E-state index < -0.39 is 0 Å². The maximum absolute atomic E-state index is 12.4. The van der Waals surface area contributed by atoms with Crippen LogP contribution < -0.4 is 0 Å². The molecule has 3 heteroatoms. The molecular weight excluding hydrogens is 302 g/mol. The summed E-state index contributed by atoms with van der Waals surface area (Å²) in [6, 6.07) is 7.95. The first kappa shape index (κ1) is 14.1. The van der Waals surface area contributed by atoms with Gasteiger partial charge in [0.25, 0.3) is 5.91 Å². The molecule has 2 rings (SSSR count). The van der Waals surface area contributed by atoms with E-state index in [1.54, 1.807) is 11.1 Å². The molecule has 0 heterocycles. The van der Waals surface area contributed by atoms with Crippen LogP contribution in [0.15, 0.2) is 53.2 Å². The third-order valence-corrected chi connectivity index (χ3v) is 4.12. The highest BCUT2D eigenvalue weighted by molar-refractivity contribution is 9.10. The Labute approximate surface area is 122 Å². The molecule has 0 unspecified atom stereocenters. The third kappa shape index (κ3) is 3.57. The average molecular weight is 320 g/mol. The van der Waals surface area contributed by atoms with Crippen molar-refractivity contribution < 1.29 is 4.79 Å². The molecule has 0 radical (unpaired) electrons. The Hall–Kier alpha value is -1.35. The fraction of sp³-hybridized carbons (Fsp3) is 0.312. The number of allylic oxidation sites excluding steroid dienone is 1. The predicted octanol–water partition coefficient (Wildman–Crippen LogP) is 4.42. The summed E-state index contributed by atoms with van der Waals surface area (Å²) < 4.78 is 1.02.